The van der Waals surface area contributed by atoms with E-state index in [1.54, 1.807) is 11.3 Å². The molecular weight excluding hydrogens is 262 g/mol. The van der Waals surface area contributed by atoms with E-state index < -0.39 is 0 Å². The van der Waals surface area contributed by atoms with Gasteiger partial charge in [0.1, 0.15) is 0 Å². The van der Waals surface area contributed by atoms with E-state index in [1.807, 2.05) is 0 Å². The van der Waals surface area contributed by atoms with Gasteiger partial charge in [0.15, 0.2) is 0 Å². The minimum Gasteiger partial charge on any atom is -0.390 e. The highest BCUT2D eigenvalue weighted by molar-refractivity contribution is 7.16. The number of hydrogen-bond acceptors (Lipinski definition) is 2. The van der Waals surface area contributed by atoms with E-state index in [-0.39, 0.29) is 0 Å². The first-order valence-corrected chi connectivity index (χ1v) is 8.38. The van der Waals surface area contributed by atoms with Gasteiger partial charge in [0.2, 0.25) is 0 Å². The largest absolute Gasteiger partial charge is 0.390 e. The average Bonchev–Trinajstić information content (AvgIpc) is 2.73. The highest BCUT2D eigenvalue weighted by atomic mass is 32.1. The number of hydrogen-bond donors (Lipinski definition) is 1. The van der Waals surface area contributed by atoms with E-state index in [9.17, 15) is 0 Å². The highest BCUT2D eigenvalue weighted by Crippen LogP contribution is 2.43. The van der Waals surface area contributed by atoms with Gasteiger partial charge < -0.3 is 5.73 Å². The minimum absolute atomic E-state index is 0.582. The number of rotatable bonds is 2. The molecule has 0 fully saturated rings. The molecule has 1 aliphatic carbocycles. The fourth-order valence-corrected chi connectivity index (χ4v) is 4.43. The molecule has 2 heteroatoms. The zero-order chi connectivity index (χ0) is 14.3. The molecule has 1 aromatic carbocycles. The van der Waals surface area contributed by atoms with Crippen molar-refractivity contribution in [2.75, 3.05) is 5.73 Å². The number of nitrogens with two attached hydrogens (primary N) is 1. The number of fused-ring (bicyclic) bond motifs is 1. The molecule has 1 aromatic heterocycles. The summed E-state index contributed by atoms with van der Waals surface area (Å²) in [6.45, 7) is 6.81. The van der Waals surface area contributed by atoms with Crippen molar-refractivity contribution in [2.24, 2.45) is 5.92 Å². The van der Waals surface area contributed by atoms with Crippen LogP contribution in [0.2, 0.25) is 0 Å². The van der Waals surface area contributed by atoms with Crippen molar-refractivity contribution in [3.63, 3.8) is 0 Å². The molecular formula is C18H23NS. The summed E-state index contributed by atoms with van der Waals surface area (Å²) >= 11 is 1.80. The number of thiophene rings is 1. The van der Waals surface area contributed by atoms with Gasteiger partial charge in [-0.25, -0.2) is 0 Å². The summed E-state index contributed by atoms with van der Waals surface area (Å²) in [6, 6.07) is 8.97. The Kier molecular flexibility index (Phi) is 3.59. The lowest BCUT2D eigenvalue weighted by Gasteiger charge is -2.19. The van der Waals surface area contributed by atoms with Crippen LogP contribution in [0.4, 0.5) is 5.00 Å². The van der Waals surface area contributed by atoms with Crippen molar-refractivity contribution >= 4 is 16.3 Å². The Bertz CT molecular complexity index is 607. The molecule has 2 N–H and O–H groups in total. The Morgan fingerprint density at radius 3 is 2.55 bits per heavy atom. The second kappa shape index (κ2) is 5.25. The predicted molar refractivity (Wildman–Crippen MR) is 89.4 cm³/mol. The molecule has 1 aliphatic rings. The van der Waals surface area contributed by atoms with Crippen LogP contribution in [0.25, 0.3) is 11.1 Å². The fourth-order valence-electron chi connectivity index (χ4n) is 3.12. The van der Waals surface area contributed by atoms with Gasteiger partial charge in [-0.3, -0.25) is 0 Å². The lowest BCUT2D eigenvalue weighted by Crippen LogP contribution is -2.09. The molecule has 0 bridgehead atoms. The summed E-state index contributed by atoms with van der Waals surface area (Å²) in [5.41, 5.74) is 11.8. The van der Waals surface area contributed by atoms with Crippen molar-refractivity contribution < 1.29 is 0 Å². The second-order valence-corrected chi connectivity index (χ2v) is 7.50. The molecule has 2 aromatic rings. The van der Waals surface area contributed by atoms with Gasteiger partial charge in [0, 0.05) is 10.4 Å². The topological polar surface area (TPSA) is 26.0 Å². The monoisotopic (exact) mass is 285 g/mol. The summed E-state index contributed by atoms with van der Waals surface area (Å²) < 4.78 is 0. The van der Waals surface area contributed by atoms with E-state index in [2.05, 4.69) is 45.0 Å². The second-order valence-electron chi connectivity index (χ2n) is 6.37. The first kappa shape index (κ1) is 13.7. The standard InChI is InChI=1S/C18H23NS/c1-11(2)13-5-7-14(8-6-13)17-15-9-4-12(3)10-16(15)20-18(17)19/h5-8,11-12H,4,9-10,19H2,1-3H3. The van der Waals surface area contributed by atoms with Crippen LogP contribution in [-0.4, -0.2) is 0 Å². The molecule has 0 saturated heterocycles. The molecule has 0 amide bonds. The molecule has 0 radical (unpaired) electrons. The molecule has 0 saturated carbocycles. The number of benzene rings is 1. The Balaban J connectivity index is 2.02. The van der Waals surface area contributed by atoms with E-state index in [1.165, 1.54) is 46.4 Å². The summed E-state index contributed by atoms with van der Waals surface area (Å²) in [6.07, 6.45) is 3.68. The van der Waals surface area contributed by atoms with E-state index in [0.717, 1.165) is 10.9 Å². The molecule has 106 valence electrons. The van der Waals surface area contributed by atoms with Gasteiger partial charge in [-0.2, -0.15) is 0 Å². The van der Waals surface area contributed by atoms with Crippen molar-refractivity contribution in [3.8, 4) is 11.1 Å². The highest BCUT2D eigenvalue weighted by Gasteiger charge is 2.23. The van der Waals surface area contributed by atoms with Gasteiger partial charge in [0.25, 0.3) is 0 Å². The minimum atomic E-state index is 0.582. The van der Waals surface area contributed by atoms with Crippen LogP contribution in [-0.2, 0) is 12.8 Å². The Morgan fingerprint density at radius 2 is 1.90 bits per heavy atom. The van der Waals surface area contributed by atoms with Crippen LogP contribution in [0.3, 0.4) is 0 Å². The van der Waals surface area contributed by atoms with Gasteiger partial charge in [-0.1, -0.05) is 45.0 Å². The first-order valence-electron chi connectivity index (χ1n) is 7.56. The SMILES string of the molecule is CC1CCc2c(sc(N)c2-c2ccc(C(C)C)cc2)C1. The van der Waals surface area contributed by atoms with E-state index in [0.29, 0.717) is 5.92 Å². The number of anilines is 1. The van der Waals surface area contributed by atoms with Crippen LogP contribution in [0.15, 0.2) is 24.3 Å². The molecule has 3 rings (SSSR count). The average molecular weight is 285 g/mol. The van der Waals surface area contributed by atoms with Crippen molar-refractivity contribution in [1.29, 1.82) is 0 Å². The summed E-state index contributed by atoms with van der Waals surface area (Å²) in [4.78, 5) is 1.52. The normalized spacial score (nSPS) is 18.3. The molecule has 1 atom stereocenters. The summed E-state index contributed by atoms with van der Waals surface area (Å²) in [5.74, 6) is 1.38. The summed E-state index contributed by atoms with van der Waals surface area (Å²) in [5, 5.41) is 1.00. The van der Waals surface area contributed by atoms with Crippen molar-refractivity contribution in [3.05, 3.63) is 40.3 Å². The molecule has 1 heterocycles. The van der Waals surface area contributed by atoms with Crippen LogP contribution in [0.5, 0.6) is 0 Å². The lowest BCUT2D eigenvalue weighted by molar-refractivity contribution is 0.508. The third-order valence-corrected chi connectivity index (χ3v) is 5.49. The van der Waals surface area contributed by atoms with Crippen molar-refractivity contribution in [1.82, 2.24) is 0 Å². The first-order chi connectivity index (χ1) is 9.56. The fraction of sp³-hybridized carbons (Fsp3) is 0.444. The van der Waals surface area contributed by atoms with E-state index in [4.69, 9.17) is 5.73 Å². The molecule has 0 spiro atoms. The van der Waals surface area contributed by atoms with Gasteiger partial charge in [-0.05, 0) is 47.8 Å². The maximum atomic E-state index is 6.31. The predicted octanol–water partition coefficient (Wildman–Crippen LogP) is 5.25. The summed E-state index contributed by atoms with van der Waals surface area (Å²) in [7, 11) is 0. The Morgan fingerprint density at radius 1 is 1.20 bits per heavy atom. The zero-order valence-electron chi connectivity index (χ0n) is 12.6. The lowest BCUT2D eigenvalue weighted by atomic mass is 9.86. The van der Waals surface area contributed by atoms with Crippen LogP contribution in [0, 0.1) is 5.92 Å². The maximum Gasteiger partial charge on any atom is 0.0941 e. The van der Waals surface area contributed by atoms with Crippen LogP contribution in [0.1, 0.15) is 49.1 Å². The third-order valence-electron chi connectivity index (χ3n) is 4.40. The van der Waals surface area contributed by atoms with Crippen LogP contribution >= 0.6 is 11.3 Å². The number of nitrogen functional groups attached to an aromatic ring is 1. The van der Waals surface area contributed by atoms with E-state index >= 15 is 0 Å². The zero-order valence-corrected chi connectivity index (χ0v) is 13.4. The molecule has 1 unspecified atom stereocenters. The smallest absolute Gasteiger partial charge is 0.0941 e. The third kappa shape index (κ3) is 2.37. The van der Waals surface area contributed by atoms with Gasteiger partial charge in [-0.15, -0.1) is 11.3 Å². The van der Waals surface area contributed by atoms with Gasteiger partial charge in [0.05, 0.1) is 5.00 Å². The quantitative estimate of drug-likeness (QED) is 0.801. The Hall–Kier alpha value is -1.28. The maximum absolute atomic E-state index is 6.31. The molecule has 20 heavy (non-hydrogen) atoms. The van der Waals surface area contributed by atoms with Gasteiger partial charge >= 0.3 is 0 Å². The van der Waals surface area contributed by atoms with Crippen molar-refractivity contribution in [2.45, 2.75) is 46.0 Å². The molecule has 1 nitrogen and oxygen atoms in total. The molecule has 0 aliphatic heterocycles. The van der Waals surface area contributed by atoms with Crippen LogP contribution < -0.4 is 5.73 Å². The Labute approximate surface area is 125 Å².